The average molecular weight is 342 g/mol. The zero-order valence-electron chi connectivity index (χ0n) is 13.5. The van der Waals surface area contributed by atoms with Crippen LogP contribution in [0.25, 0.3) is 0 Å². The number of carbonyl (C=O) groups excluding carboxylic acids is 2. The van der Waals surface area contributed by atoms with E-state index in [1.165, 1.54) is 18.9 Å². The number of rotatable bonds is 8. The van der Waals surface area contributed by atoms with Crippen LogP contribution in [-0.4, -0.2) is 47.9 Å². The first-order valence-electron chi connectivity index (χ1n) is 7.42. The molecule has 1 unspecified atom stereocenters. The third-order valence-corrected chi connectivity index (χ3v) is 3.42. The molecule has 0 saturated carbocycles. The number of aliphatic carboxylic acids is 1. The van der Waals surface area contributed by atoms with Crippen molar-refractivity contribution < 1.29 is 28.3 Å². The molecule has 0 heterocycles. The molecule has 1 aromatic carbocycles. The van der Waals surface area contributed by atoms with E-state index < -0.39 is 29.4 Å². The molecule has 0 saturated heterocycles. The summed E-state index contributed by atoms with van der Waals surface area (Å²) in [6.45, 7) is 1.74. The highest BCUT2D eigenvalue weighted by Gasteiger charge is 2.17. The molecule has 0 aliphatic carbocycles. The number of halogens is 2. The third kappa shape index (κ3) is 5.94. The number of carbonyl (C=O) groups is 3. The molecule has 24 heavy (non-hydrogen) atoms. The van der Waals surface area contributed by atoms with Crippen molar-refractivity contribution in [1.29, 1.82) is 0 Å². The second kappa shape index (κ2) is 8.95. The second-order valence-electron chi connectivity index (χ2n) is 5.50. The van der Waals surface area contributed by atoms with Crippen molar-refractivity contribution in [2.45, 2.75) is 19.8 Å². The van der Waals surface area contributed by atoms with Gasteiger partial charge < -0.3 is 15.3 Å². The first-order valence-corrected chi connectivity index (χ1v) is 7.42. The van der Waals surface area contributed by atoms with E-state index in [9.17, 15) is 23.2 Å². The Hall–Kier alpha value is -2.51. The number of hydrogen-bond acceptors (Lipinski definition) is 3. The van der Waals surface area contributed by atoms with Crippen LogP contribution in [0.2, 0.25) is 0 Å². The molecule has 0 radical (unpaired) electrons. The normalized spacial score (nSPS) is 11.7. The smallest absolute Gasteiger partial charge is 0.308 e. The first-order chi connectivity index (χ1) is 11.2. The number of nitrogens with one attached hydrogen (secondary N) is 1. The van der Waals surface area contributed by atoms with Crippen LogP contribution in [0.1, 0.15) is 30.1 Å². The molecule has 8 heteroatoms. The van der Waals surface area contributed by atoms with Crippen LogP contribution in [0.3, 0.4) is 0 Å². The Labute approximate surface area is 138 Å². The number of nitrogens with zero attached hydrogens (tertiary/aromatic N) is 1. The van der Waals surface area contributed by atoms with Gasteiger partial charge in [-0.05, 0) is 18.6 Å². The minimum Gasteiger partial charge on any atom is -0.481 e. The van der Waals surface area contributed by atoms with Gasteiger partial charge in [-0.15, -0.1) is 0 Å². The highest BCUT2D eigenvalue weighted by molar-refractivity contribution is 5.94. The molecular weight excluding hydrogens is 322 g/mol. The molecule has 2 amide bonds. The molecular formula is C16H20F2N2O4. The minimum atomic E-state index is -0.983. The molecule has 0 bridgehead atoms. The standard InChI is InChI=1S/C16H20F2N2O4/c1-10(16(23)24)9-20(2)14(21)4-3-7-19-15(22)12-6-5-11(17)8-13(12)18/h5-6,8,10H,3-4,7,9H2,1-2H3,(H,19,22)(H,23,24). The largest absolute Gasteiger partial charge is 0.481 e. The highest BCUT2D eigenvalue weighted by Crippen LogP contribution is 2.09. The molecule has 1 aromatic rings. The van der Waals surface area contributed by atoms with Crippen LogP contribution >= 0.6 is 0 Å². The van der Waals surface area contributed by atoms with E-state index in [4.69, 9.17) is 5.11 Å². The minimum absolute atomic E-state index is 0.0985. The Morgan fingerprint density at radius 3 is 2.54 bits per heavy atom. The van der Waals surface area contributed by atoms with E-state index >= 15 is 0 Å². The van der Waals surface area contributed by atoms with E-state index in [2.05, 4.69) is 5.32 Å². The zero-order chi connectivity index (χ0) is 18.3. The fraction of sp³-hybridized carbons (Fsp3) is 0.438. The maximum Gasteiger partial charge on any atom is 0.308 e. The lowest BCUT2D eigenvalue weighted by molar-refractivity contribution is -0.142. The Kier molecular flexibility index (Phi) is 7.29. The Balaban J connectivity index is 2.36. The van der Waals surface area contributed by atoms with Crippen molar-refractivity contribution >= 4 is 17.8 Å². The number of carboxylic acids is 1. The van der Waals surface area contributed by atoms with Crippen LogP contribution in [0.4, 0.5) is 8.78 Å². The van der Waals surface area contributed by atoms with Crippen molar-refractivity contribution in [2.75, 3.05) is 20.1 Å². The highest BCUT2D eigenvalue weighted by atomic mass is 19.1. The lowest BCUT2D eigenvalue weighted by atomic mass is 10.1. The fourth-order valence-electron chi connectivity index (χ4n) is 1.99. The Morgan fingerprint density at radius 1 is 1.29 bits per heavy atom. The Morgan fingerprint density at radius 2 is 1.96 bits per heavy atom. The van der Waals surface area contributed by atoms with Crippen molar-refractivity contribution in [3.05, 3.63) is 35.4 Å². The zero-order valence-corrected chi connectivity index (χ0v) is 13.5. The van der Waals surface area contributed by atoms with Gasteiger partial charge in [-0.1, -0.05) is 6.92 Å². The van der Waals surface area contributed by atoms with Crippen LogP contribution in [0.5, 0.6) is 0 Å². The number of benzene rings is 1. The molecule has 6 nitrogen and oxygen atoms in total. The fourth-order valence-corrected chi connectivity index (χ4v) is 1.99. The molecule has 0 fully saturated rings. The lowest BCUT2D eigenvalue weighted by Gasteiger charge is -2.19. The van der Waals surface area contributed by atoms with Crippen LogP contribution < -0.4 is 5.32 Å². The van der Waals surface area contributed by atoms with E-state index in [-0.39, 0.29) is 31.0 Å². The number of carboxylic acid groups (broad SMARTS) is 1. The summed E-state index contributed by atoms with van der Waals surface area (Å²) in [6.07, 6.45) is 0.439. The summed E-state index contributed by atoms with van der Waals surface area (Å²) < 4.78 is 26.2. The quantitative estimate of drug-likeness (QED) is 0.704. The first kappa shape index (κ1) is 19.5. The predicted octanol–water partition coefficient (Wildman–Crippen LogP) is 1.65. The summed E-state index contributed by atoms with van der Waals surface area (Å²) in [6, 6.07) is 2.66. The van der Waals surface area contributed by atoms with Gasteiger partial charge in [0, 0.05) is 32.6 Å². The van der Waals surface area contributed by atoms with Gasteiger partial charge in [0.25, 0.3) is 5.91 Å². The van der Waals surface area contributed by atoms with Gasteiger partial charge in [0.05, 0.1) is 11.5 Å². The molecule has 1 rings (SSSR count). The molecule has 0 spiro atoms. The average Bonchev–Trinajstić information content (AvgIpc) is 2.50. The van der Waals surface area contributed by atoms with Gasteiger partial charge in [-0.3, -0.25) is 14.4 Å². The Bertz CT molecular complexity index is 622. The summed E-state index contributed by atoms with van der Waals surface area (Å²) in [4.78, 5) is 35.6. The molecule has 0 aliphatic rings. The van der Waals surface area contributed by atoms with Gasteiger partial charge in [-0.25, -0.2) is 8.78 Å². The molecule has 1 atom stereocenters. The van der Waals surface area contributed by atoms with Crippen molar-refractivity contribution in [2.24, 2.45) is 5.92 Å². The van der Waals surface area contributed by atoms with E-state index in [1.807, 2.05) is 0 Å². The summed E-state index contributed by atoms with van der Waals surface area (Å²) in [5, 5.41) is 11.2. The van der Waals surface area contributed by atoms with Crippen molar-refractivity contribution in [1.82, 2.24) is 10.2 Å². The maximum atomic E-state index is 13.4. The van der Waals surface area contributed by atoms with E-state index in [0.29, 0.717) is 12.5 Å². The lowest BCUT2D eigenvalue weighted by Crippen LogP contribution is -2.34. The van der Waals surface area contributed by atoms with Crippen LogP contribution in [0, 0.1) is 17.6 Å². The van der Waals surface area contributed by atoms with E-state index in [1.54, 1.807) is 0 Å². The van der Waals surface area contributed by atoms with Crippen molar-refractivity contribution in [3.63, 3.8) is 0 Å². The summed E-state index contributed by atoms with van der Waals surface area (Å²) in [7, 11) is 1.51. The van der Waals surface area contributed by atoms with Gasteiger partial charge in [0.2, 0.25) is 5.91 Å². The van der Waals surface area contributed by atoms with Crippen LogP contribution in [0.15, 0.2) is 18.2 Å². The van der Waals surface area contributed by atoms with Gasteiger partial charge >= 0.3 is 5.97 Å². The van der Waals surface area contributed by atoms with Crippen LogP contribution in [-0.2, 0) is 9.59 Å². The molecule has 0 aromatic heterocycles. The predicted molar refractivity (Wildman–Crippen MR) is 82.4 cm³/mol. The maximum absolute atomic E-state index is 13.4. The third-order valence-electron chi connectivity index (χ3n) is 3.42. The molecule has 2 N–H and O–H groups in total. The summed E-state index contributed by atoms with van der Waals surface area (Å²) >= 11 is 0. The number of hydrogen-bond donors (Lipinski definition) is 2. The van der Waals surface area contributed by atoms with Gasteiger partial charge in [0.15, 0.2) is 0 Å². The van der Waals surface area contributed by atoms with Crippen molar-refractivity contribution in [3.8, 4) is 0 Å². The monoisotopic (exact) mass is 342 g/mol. The van der Waals surface area contributed by atoms with E-state index in [0.717, 1.165) is 12.1 Å². The SMILES string of the molecule is CC(CN(C)C(=O)CCCNC(=O)c1ccc(F)cc1F)C(=O)O. The molecule has 0 aliphatic heterocycles. The molecule has 132 valence electrons. The second-order valence-corrected chi connectivity index (χ2v) is 5.50. The summed E-state index contributed by atoms with van der Waals surface area (Å²) in [5.41, 5.74) is -0.268. The van der Waals surface area contributed by atoms with Gasteiger partial charge in [0.1, 0.15) is 11.6 Å². The topological polar surface area (TPSA) is 86.7 Å². The summed E-state index contributed by atoms with van der Waals surface area (Å²) in [5.74, 6) is -4.30. The van der Waals surface area contributed by atoms with Gasteiger partial charge in [-0.2, -0.15) is 0 Å². The number of amides is 2.